The van der Waals surface area contributed by atoms with Crippen LogP contribution in [0.2, 0.25) is 0 Å². The van der Waals surface area contributed by atoms with Gasteiger partial charge in [-0.15, -0.1) is 0 Å². The zero-order valence-electron chi connectivity index (χ0n) is 8.48. The Morgan fingerprint density at radius 1 is 1.36 bits per heavy atom. The molecule has 0 spiro atoms. The van der Waals surface area contributed by atoms with Crippen LogP contribution in [0.15, 0.2) is 35.3 Å². The Labute approximate surface area is 84.9 Å². The van der Waals surface area contributed by atoms with Crippen molar-refractivity contribution in [3.63, 3.8) is 0 Å². The summed E-state index contributed by atoms with van der Waals surface area (Å²) < 4.78 is 0. The second kappa shape index (κ2) is 3.82. The number of nitrogens with zero attached hydrogens (tertiary/aromatic N) is 1. The van der Waals surface area contributed by atoms with Gasteiger partial charge in [0.1, 0.15) is 0 Å². The molecule has 0 amide bonds. The zero-order chi connectivity index (χ0) is 9.97. The Kier molecular flexibility index (Phi) is 2.53. The van der Waals surface area contributed by atoms with Gasteiger partial charge in [0.2, 0.25) is 0 Å². The molecule has 2 nitrogen and oxygen atoms in total. The third kappa shape index (κ3) is 1.95. The third-order valence-corrected chi connectivity index (χ3v) is 2.81. The summed E-state index contributed by atoms with van der Waals surface area (Å²) in [7, 11) is 0. The Balaban J connectivity index is 2.05. The predicted octanol–water partition coefficient (Wildman–Crippen LogP) is 1.99. The predicted molar refractivity (Wildman–Crippen MR) is 59.3 cm³/mol. The van der Waals surface area contributed by atoms with E-state index in [0.717, 1.165) is 18.7 Å². The fraction of sp³-hybridized carbons (Fsp3) is 0.417. The van der Waals surface area contributed by atoms with Crippen molar-refractivity contribution in [1.29, 1.82) is 0 Å². The minimum atomic E-state index is 0.386. The van der Waals surface area contributed by atoms with E-state index in [4.69, 9.17) is 5.73 Å². The second-order valence-corrected chi connectivity index (χ2v) is 4.06. The molecule has 0 saturated carbocycles. The van der Waals surface area contributed by atoms with E-state index in [-0.39, 0.29) is 0 Å². The molecule has 1 aliphatic rings. The van der Waals surface area contributed by atoms with Crippen LogP contribution in [0.1, 0.15) is 18.9 Å². The summed E-state index contributed by atoms with van der Waals surface area (Å²) in [5.74, 6) is 1.41. The molecular formula is C12H16N2. The fourth-order valence-corrected chi connectivity index (χ4v) is 1.96. The van der Waals surface area contributed by atoms with Crippen molar-refractivity contribution in [2.75, 3.05) is 0 Å². The van der Waals surface area contributed by atoms with Gasteiger partial charge in [0.15, 0.2) is 0 Å². The summed E-state index contributed by atoms with van der Waals surface area (Å²) in [5.41, 5.74) is 7.07. The highest BCUT2D eigenvalue weighted by Gasteiger charge is 2.23. The number of benzene rings is 1. The molecule has 0 radical (unpaired) electrons. The Bertz CT molecular complexity index is 329. The van der Waals surface area contributed by atoms with Gasteiger partial charge in [0.05, 0.1) is 11.9 Å². The van der Waals surface area contributed by atoms with Crippen LogP contribution >= 0.6 is 0 Å². The average molecular weight is 188 g/mol. The second-order valence-electron chi connectivity index (χ2n) is 4.06. The summed E-state index contributed by atoms with van der Waals surface area (Å²) in [5, 5.41) is 0. The number of aliphatic imine (C=N–C) groups is 1. The van der Waals surface area contributed by atoms with Gasteiger partial charge in [0, 0.05) is 6.42 Å². The van der Waals surface area contributed by atoms with Gasteiger partial charge in [-0.3, -0.25) is 4.99 Å². The lowest BCUT2D eigenvalue weighted by Gasteiger charge is -2.12. The number of amidine groups is 1. The van der Waals surface area contributed by atoms with E-state index in [2.05, 4.69) is 36.2 Å². The maximum atomic E-state index is 5.72. The first-order valence-electron chi connectivity index (χ1n) is 5.12. The van der Waals surface area contributed by atoms with Crippen LogP contribution in [-0.4, -0.2) is 11.9 Å². The molecule has 2 N–H and O–H groups in total. The molecule has 1 aliphatic heterocycles. The van der Waals surface area contributed by atoms with Gasteiger partial charge in [-0.2, -0.15) is 0 Å². The number of hydrogen-bond acceptors (Lipinski definition) is 2. The van der Waals surface area contributed by atoms with Crippen LogP contribution in [0.25, 0.3) is 0 Å². The van der Waals surface area contributed by atoms with Gasteiger partial charge < -0.3 is 5.73 Å². The van der Waals surface area contributed by atoms with Gasteiger partial charge in [-0.05, 0) is 17.9 Å². The molecule has 0 bridgehead atoms. The van der Waals surface area contributed by atoms with Crippen molar-refractivity contribution in [3.8, 4) is 0 Å². The molecule has 2 atom stereocenters. The first kappa shape index (κ1) is 9.25. The van der Waals surface area contributed by atoms with Crippen LogP contribution in [0.3, 0.4) is 0 Å². The van der Waals surface area contributed by atoms with E-state index in [0.29, 0.717) is 12.0 Å². The lowest BCUT2D eigenvalue weighted by Crippen LogP contribution is -2.13. The van der Waals surface area contributed by atoms with Crippen LogP contribution in [0.4, 0.5) is 0 Å². The molecule has 0 unspecified atom stereocenters. The van der Waals surface area contributed by atoms with E-state index < -0.39 is 0 Å². The van der Waals surface area contributed by atoms with Crippen molar-refractivity contribution in [2.24, 2.45) is 16.6 Å². The SMILES string of the molecule is C[C@H]1CC(N)=N[C@@H]1Cc1ccccc1. The number of rotatable bonds is 2. The summed E-state index contributed by atoms with van der Waals surface area (Å²) in [6, 6.07) is 10.9. The standard InChI is InChI=1S/C12H16N2/c1-9-7-12(13)14-11(9)8-10-5-3-2-4-6-10/h2-6,9,11H,7-8H2,1H3,(H2,13,14)/t9-,11+/m0/s1. The van der Waals surface area contributed by atoms with Gasteiger partial charge >= 0.3 is 0 Å². The molecule has 0 aliphatic carbocycles. The Morgan fingerprint density at radius 3 is 2.64 bits per heavy atom. The lowest BCUT2D eigenvalue weighted by atomic mass is 9.96. The first-order chi connectivity index (χ1) is 6.75. The smallest absolute Gasteiger partial charge is 0.0944 e. The highest BCUT2D eigenvalue weighted by atomic mass is 14.9. The topological polar surface area (TPSA) is 38.4 Å². The molecule has 1 aromatic rings. The molecule has 74 valence electrons. The van der Waals surface area contributed by atoms with E-state index in [1.54, 1.807) is 0 Å². The van der Waals surface area contributed by atoms with E-state index in [9.17, 15) is 0 Å². The van der Waals surface area contributed by atoms with Gasteiger partial charge in [-0.1, -0.05) is 37.3 Å². The van der Waals surface area contributed by atoms with Crippen molar-refractivity contribution < 1.29 is 0 Å². The van der Waals surface area contributed by atoms with E-state index >= 15 is 0 Å². The van der Waals surface area contributed by atoms with Crippen LogP contribution in [0, 0.1) is 5.92 Å². The highest BCUT2D eigenvalue weighted by Crippen LogP contribution is 2.22. The molecule has 0 fully saturated rings. The molecule has 1 aromatic carbocycles. The average Bonchev–Trinajstić information content (AvgIpc) is 2.47. The molecule has 14 heavy (non-hydrogen) atoms. The first-order valence-corrected chi connectivity index (χ1v) is 5.12. The summed E-state index contributed by atoms with van der Waals surface area (Å²) in [4.78, 5) is 4.46. The molecule has 2 heteroatoms. The van der Waals surface area contributed by atoms with Crippen molar-refractivity contribution in [3.05, 3.63) is 35.9 Å². The van der Waals surface area contributed by atoms with Gasteiger partial charge in [0.25, 0.3) is 0 Å². The zero-order valence-corrected chi connectivity index (χ0v) is 8.48. The fourth-order valence-electron chi connectivity index (χ4n) is 1.96. The number of nitrogens with two attached hydrogens (primary N) is 1. The molecule has 0 saturated heterocycles. The lowest BCUT2D eigenvalue weighted by molar-refractivity contribution is 0.502. The molecule has 1 heterocycles. The Hall–Kier alpha value is -1.31. The third-order valence-electron chi connectivity index (χ3n) is 2.81. The minimum Gasteiger partial charge on any atom is -0.387 e. The molecular weight excluding hydrogens is 172 g/mol. The van der Waals surface area contributed by atoms with E-state index in [1.165, 1.54) is 5.56 Å². The number of hydrogen-bond donors (Lipinski definition) is 1. The van der Waals surface area contributed by atoms with Crippen molar-refractivity contribution >= 4 is 5.84 Å². The van der Waals surface area contributed by atoms with E-state index in [1.807, 2.05) is 6.07 Å². The summed E-state index contributed by atoms with van der Waals surface area (Å²) >= 11 is 0. The maximum absolute atomic E-state index is 5.72. The Morgan fingerprint density at radius 2 is 2.07 bits per heavy atom. The maximum Gasteiger partial charge on any atom is 0.0944 e. The van der Waals surface area contributed by atoms with Crippen LogP contribution in [0.5, 0.6) is 0 Å². The highest BCUT2D eigenvalue weighted by molar-refractivity contribution is 5.82. The normalized spacial score (nSPS) is 26.2. The molecule has 2 rings (SSSR count). The largest absolute Gasteiger partial charge is 0.387 e. The monoisotopic (exact) mass is 188 g/mol. The van der Waals surface area contributed by atoms with Crippen LogP contribution < -0.4 is 5.73 Å². The molecule has 0 aromatic heterocycles. The van der Waals surface area contributed by atoms with Crippen LogP contribution in [-0.2, 0) is 6.42 Å². The quantitative estimate of drug-likeness (QED) is 0.757. The van der Waals surface area contributed by atoms with Crippen molar-refractivity contribution in [2.45, 2.75) is 25.8 Å². The van der Waals surface area contributed by atoms with Crippen molar-refractivity contribution in [1.82, 2.24) is 0 Å². The summed E-state index contributed by atoms with van der Waals surface area (Å²) in [6.45, 7) is 2.22. The minimum absolute atomic E-state index is 0.386. The van der Waals surface area contributed by atoms with Gasteiger partial charge in [-0.25, -0.2) is 0 Å². The summed E-state index contributed by atoms with van der Waals surface area (Å²) in [6.07, 6.45) is 1.97.